The average molecular weight is 357 g/mol. The number of fused-ring (bicyclic) bond motifs is 2. The highest BCUT2D eigenvalue weighted by Crippen LogP contribution is 2.52. The van der Waals surface area contributed by atoms with Crippen molar-refractivity contribution < 1.29 is 14.3 Å². The standard InChI is InChI=1S/C19H20FN3O3/c20-15-3-10-16(4-17(15)22-6-12-11(5-21)13(12)7-22)23(9-1-2-9)8-14(18(10)24)19(25)26/h3-4,8-9,11-13H,1-2,5-7,21H2,(H,25,26)/t11-,12-,13+. The lowest BCUT2D eigenvalue weighted by atomic mass is 10.1. The first kappa shape index (κ1) is 15.8. The minimum atomic E-state index is -1.27. The van der Waals surface area contributed by atoms with Crippen LogP contribution in [-0.4, -0.2) is 35.3 Å². The molecule has 1 aromatic carbocycles. The van der Waals surface area contributed by atoms with E-state index in [1.807, 2.05) is 9.47 Å². The third-order valence-electron chi connectivity index (χ3n) is 6.26. The van der Waals surface area contributed by atoms with Gasteiger partial charge in [-0.25, -0.2) is 9.18 Å². The summed E-state index contributed by atoms with van der Waals surface area (Å²) >= 11 is 0. The quantitative estimate of drug-likeness (QED) is 0.871. The molecule has 5 rings (SSSR count). The Hall–Kier alpha value is -2.41. The summed E-state index contributed by atoms with van der Waals surface area (Å²) in [7, 11) is 0. The minimum Gasteiger partial charge on any atom is -0.477 e. The molecule has 3 atom stereocenters. The van der Waals surface area contributed by atoms with Gasteiger partial charge in [-0.05, 0) is 49.3 Å². The van der Waals surface area contributed by atoms with Gasteiger partial charge in [-0.15, -0.1) is 0 Å². The molecule has 1 aliphatic heterocycles. The first-order valence-corrected chi connectivity index (χ1v) is 9.06. The van der Waals surface area contributed by atoms with Crippen molar-refractivity contribution in [1.82, 2.24) is 4.57 Å². The first-order chi connectivity index (χ1) is 12.5. The molecule has 0 radical (unpaired) electrons. The fourth-order valence-corrected chi connectivity index (χ4v) is 4.60. The number of halogens is 1. The van der Waals surface area contributed by atoms with E-state index >= 15 is 0 Å². The van der Waals surface area contributed by atoms with E-state index in [0.717, 1.165) is 25.9 Å². The Balaban J connectivity index is 1.63. The van der Waals surface area contributed by atoms with Crippen molar-refractivity contribution in [1.29, 1.82) is 0 Å². The number of nitrogens with zero attached hydrogens (tertiary/aromatic N) is 2. The van der Waals surface area contributed by atoms with Crippen molar-refractivity contribution in [2.45, 2.75) is 18.9 Å². The number of rotatable bonds is 4. The molecule has 0 bridgehead atoms. The molecule has 3 N–H and O–H groups in total. The maximum Gasteiger partial charge on any atom is 0.341 e. The summed E-state index contributed by atoms with van der Waals surface area (Å²) in [6, 6.07) is 3.11. The van der Waals surface area contributed by atoms with Crippen molar-refractivity contribution in [3.8, 4) is 0 Å². The topological polar surface area (TPSA) is 88.6 Å². The van der Waals surface area contributed by atoms with Crippen molar-refractivity contribution in [2.75, 3.05) is 24.5 Å². The molecular formula is C19H20FN3O3. The van der Waals surface area contributed by atoms with E-state index in [2.05, 4.69) is 0 Å². The third kappa shape index (κ3) is 2.19. The molecule has 1 aromatic heterocycles. The summed E-state index contributed by atoms with van der Waals surface area (Å²) in [5, 5.41) is 9.45. The highest BCUT2D eigenvalue weighted by atomic mass is 19.1. The number of aromatic nitrogens is 1. The molecule has 0 amide bonds. The van der Waals surface area contributed by atoms with E-state index < -0.39 is 17.2 Å². The number of carbonyl (C=O) groups is 1. The lowest BCUT2D eigenvalue weighted by molar-refractivity contribution is 0.0695. The van der Waals surface area contributed by atoms with E-state index in [9.17, 15) is 19.1 Å². The number of carboxylic acids is 1. The van der Waals surface area contributed by atoms with Gasteiger partial charge < -0.3 is 20.3 Å². The minimum absolute atomic E-state index is 0.141. The van der Waals surface area contributed by atoms with Crippen LogP contribution in [-0.2, 0) is 0 Å². The summed E-state index contributed by atoms with van der Waals surface area (Å²) in [5.74, 6) is -0.115. The molecule has 26 heavy (non-hydrogen) atoms. The molecule has 2 aromatic rings. The maximum absolute atomic E-state index is 14.8. The van der Waals surface area contributed by atoms with Crippen molar-refractivity contribution in [2.24, 2.45) is 23.5 Å². The van der Waals surface area contributed by atoms with Gasteiger partial charge in [0.2, 0.25) is 5.43 Å². The molecule has 7 heteroatoms. The highest BCUT2D eigenvalue weighted by molar-refractivity contribution is 5.93. The van der Waals surface area contributed by atoms with Crippen LogP contribution in [0.4, 0.5) is 10.1 Å². The Bertz CT molecular complexity index is 986. The summed E-state index contributed by atoms with van der Waals surface area (Å²) in [4.78, 5) is 25.9. The van der Waals surface area contributed by atoms with E-state index in [4.69, 9.17) is 5.73 Å². The second-order valence-corrected chi connectivity index (χ2v) is 7.77. The molecule has 1 saturated heterocycles. The number of anilines is 1. The maximum atomic E-state index is 14.8. The lowest BCUT2D eigenvalue weighted by Crippen LogP contribution is -2.27. The number of carboxylic acid groups (broad SMARTS) is 1. The number of benzene rings is 1. The van der Waals surface area contributed by atoms with Crippen LogP contribution in [0.5, 0.6) is 0 Å². The van der Waals surface area contributed by atoms with E-state index in [1.165, 1.54) is 12.3 Å². The lowest BCUT2D eigenvalue weighted by Gasteiger charge is -2.23. The smallest absolute Gasteiger partial charge is 0.341 e. The van der Waals surface area contributed by atoms with Crippen molar-refractivity contribution >= 4 is 22.6 Å². The summed E-state index contributed by atoms with van der Waals surface area (Å²) in [5.41, 5.74) is 5.94. The zero-order valence-corrected chi connectivity index (χ0v) is 14.2. The van der Waals surface area contributed by atoms with E-state index in [0.29, 0.717) is 35.5 Å². The Labute approximate surface area is 149 Å². The second-order valence-electron chi connectivity index (χ2n) is 7.77. The number of pyridine rings is 1. The van der Waals surface area contributed by atoms with Crippen molar-refractivity contribution in [3.05, 3.63) is 39.9 Å². The van der Waals surface area contributed by atoms with Crippen LogP contribution < -0.4 is 16.1 Å². The number of hydrogen-bond donors (Lipinski definition) is 2. The summed E-state index contributed by atoms with van der Waals surface area (Å²) in [6.07, 6.45) is 3.30. The zero-order valence-electron chi connectivity index (χ0n) is 14.2. The summed E-state index contributed by atoms with van der Waals surface area (Å²) < 4.78 is 16.6. The monoisotopic (exact) mass is 357 g/mol. The van der Waals surface area contributed by atoms with Gasteiger partial charge in [0.15, 0.2) is 0 Å². The number of nitrogens with two attached hydrogens (primary N) is 1. The van der Waals surface area contributed by atoms with Gasteiger partial charge in [0.25, 0.3) is 0 Å². The van der Waals surface area contributed by atoms with Crippen molar-refractivity contribution in [3.63, 3.8) is 0 Å². The van der Waals surface area contributed by atoms with Gasteiger partial charge in [-0.1, -0.05) is 0 Å². The molecule has 0 spiro atoms. The first-order valence-electron chi connectivity index (χ1n) is 9.06. The van der Waals surface area contributed by atoms with Gasteiger partial charge >= 0.3 is 5.97 Å². The Morgan fingerprint density at radius 2 is 1.96 bits per heavy atom. The number of piperidine rings is 1. The van der Waals surface area contributed by atoms with Crippen LogP contribution in [0.3, 0.4) is 0 Å². The van der Waals surface area contributed by atoms with Gasteiger partial charge in [-0.2, -0.15) is 0 Å². The van der Waals surface area contributed by atoms with E-state index in [1.54, 1.807) is 6.07 Å². The van der Waals surface area contributed by atoms with Gasteiger partial charge in [0.1, 0.15) is 11.4 Å². The van der Waals surface area contributed by atoms with Crippen LogP contribution >= 0.6 is 0 Å². The fourth-order valence-electron chi connectivity index (χ4n) is 4.60. The molecule has 3 aliphatic rings. The fraction of sp³-hybridized carbons (Fsp3) is 0.474. The zero-order chi connectivity index (χ0) is 18.2. The van der Waals surface area contributed by atoms with Crippen LogP contribution in [0.15, 0.2) is 23.1 Å². The normalized spacial score (nSPS) is 27.0. The van der Waals surface area contributed by atoms with Gasteiger partial charge in [0, 0.05) is 30.7 Å². The Kier molecular flexibility index (Phi) is 3.22. The molecule has 2 saturated carbocycles. The van der Waals surface area contributed by atoms with Crippen LogP contribution in [0.1, 0.15) is 29.2 Å². The molecular weight excluding hydrogens is 337 g/mol. The molecule has 136 valence electrons. The highest BCUT2D eigenvalue weighted by Gasteiger charge is 2.54. The molecule has 2 aliphatic carbocycles. The van der Waals surface area contributed by atoms with Gasteiger partial charge in [0.05, 0.1) is 11.2 Å². The summed E-state index contributed by atoms with van der Waals surface area (Å²) in [6.45, 7) is 2.26. The molecule has 6 nitrogen and oxygen atoms in total. The van der Waals surface area contributed by atoms with Gasteiger partial charge in [-0.3, -0.25) is 4.79 Å². The molecule has 3 fully saturated rings. The van der Waals surface area contributed by atoms with E-state index in [-0.39, 0.29) is 17.0 Å². The predicted octanol–water partition coefficient (Wildman–Crippen LogP) is 1.81. The number of hydrogen-bond acceptors (Lipinski definition) is 4. The SMILES string of the molecule is NC[C@@H]1[C@H]2CN(c3cc4c(cc3F)c(=O)c(C(=O)O)cn4C3CC3)C[C@@H]12. The van der Waals surface area contributed by atoms with Crippen LogP contribution in [0.25, 0.3) is 10.9 Å². The third-order valence-corrected chi connectivity index (χ3v) is 6.26. The second kappa shape index (κ2) is 5.30. The number of aromatic carboxylic acids is 1. The molecule has 2 heterocycles. The molecule has 0 unspecified atom stereocenters. The Morgan fingerprint density at radius 3 is 2.54 bits per heavy atom. The average Bonchev–Trinajstić information content (AvgIpc) is 3.52. The largest absolute Gasteiger partial charge is 0.477 e. The Morgan fingerprint density at radius 1 is 1.27 bits per heavy atom. The van der Waals surface area contributed by atoms with Crippen LogP contribution in [0, 0.1) is 23.6 Å². The predicted molar refractivity (Wildman–Crippen MR) is 95.1 cm³/mol. The van der Waals surface area contributed by atoms with Crippen LogP contribution in [0.2, 0.25) is 0 Å².